The summed E-state index contributed by atoms with van der Waals surface area (Å²) in [7, 11) is 1.15. The largest absolute Gasteiger partial charge is 0.480 e. The van der Waals surface area contributed by atoms with E-state index in [1.165, 1.54) is 11.3 Å². The minimum Gasteiger partial charge on any atom is -0.480 e. The van der Waals surface area contributed by atoms with Gasteiger partial charge in [0.1, 0.15) is 6.04 Å². The van der Waals surface area contributed by atoms with Crippen molar-refractivity contribution in [1.82, 2.24) is 10.6 Å². The van der Waals surface area contributed by atoms with E-state index < -0.39 is 30.4 Å². The summed E-state index contributed by atoms with van der Waals surface area (Å²) in [6.45, 7) is 0.259. The summed E-state index contributed by atoms with van der Waals surface area (Å²) in [6, 6.07) is -0.146. The standard InChI is InChI=1S/C11H13BrN2O5S/c1-19-9(15)4-7(10(16)17)14-11(18)13-5-8-6(12)2-3-20-8/h2-3,7H,4-5H2,1H3,(H,16,17)(H2,13,14,18)/t7-/m0/s1. The number of carboxylic acid groups (broad SMARTS) is 1. The molecule has 0 aromatic carbocycles. The molecule has 0 aliphatic heterocycles. The molecule has 1 heterocycles. The molecule has 0 fully saturated rings. The summed E-state index contributed by atoms with van der Waals surface area (Å²) in [5, 5.41) is 15.5. The zero-order chi connectivity index (χ0) is 15.1. The van der Waals surface area contributed by atoms with Crippen LogP contribution in [0, 0.1) is 0 Å². The topological polar surface area (TPSA) is 105 Å². The van der Waals surface area contributed by atoms with Crippen LogP contribution in [0.1, 0.15) is 11.3 Å². The van der Waals surface area contributed by atoms with Crippen LogP contribution in [0.15, 0.2) is 15.9 Å². The third kappa shape index (κ3) is 5.17. The van der Waals surface area contributed by atoms with Gasteiger partial charge in [-0.15, -0.1) is 11.3 Å². The fraction of sp³-hybridized carbons (Fsp3) is 0.364. The number of urea groups is 1. The quantitative estimate of drug-likeness (QED) is 0.660. The van der Waals surface area contributed by atoms with Crippen molar-refractivity contribution >= 4 is 45.2 Å². The SMILES string of the molecule is COC(=O)C[C@H](NC(=O)NCc1sccc1Br)C(=O)O. The number of esters is 1. The molecular formula is C11H13BrN2O5S. The van der Waals surface area contributed by atoms with Crippen LogP contribution in [0.5, 0.6) is 0 Å². The van der Waals surface area contributed by atoms with E-state index in [0.717, 1.165) is 16.5 Å². The average Bonchev–Trinajstić information content (AvgIpc) is 2.80. The number of hydrogen-bond donors (Lipinski definition) is 3. The molecule has 0 aliphatic carbocycles. The normalized spacial score (nSPS) is 11.5. The van der Waals surface area contributed by atoms with Crippen LogP contribution in [-0.2, 0) is 20.9 Å². The second-order valence-electron chi connectivity index (χ2n) is 3.69. The van der Waals surface area contributed by atoms with Crippen molar-refractivity contribution in [3.8, 4) is 0 Å². The van der Waals surface area contributed by atoms with Crippen molar-refractivity contribution in [3.63, 3.8) is 0 Å². The van der Waals surface area contributed by atoms with E-state index in [4.69, 9.17) is 5.11 Å². The lowest BCUT2D eigenvalue weighted by atomic mass is 10.2. The van der Waals surface area contributed by atoms with Crippen molar-refractivity contribution < 1.29 is 24.2 Å². The molecule has 0 spiro atoms. The molecule has 0 saturated heterocycles. The van der Waals surface area contributed by atoms with Gasteiger partial charge in [0.15, 0.2) is 0 Å². The van der Waals surface area contributed by atoms with Crippen molar-refractivity contribution in [2.24, 2.45) is 0 Å². The van der Waals surface area contributed by atoms with E-state index in [-0.39, 0.29) is 6.54 Å². The van der Waals surface area contributed by atoms with Crippen molar-refractivity contribution in [2.75, 3.05) is 7.11 Å². The number of carbonyl (C=O) groups excluding carboxylic acids is 2. The van der Waals surface area contributed by atoms with Gasteiger partial charge < -0.3 is 20.5 Å². The lowest BCUT2D eigenvalue weighted by Crippen LogP contribution is -2.46. The van der Waals surface area contributed by atoms with E-state index >= 15 is 0 Å². The number of halogens is 1. The average molecular weight is 365 g/mol. The molecule has 0 bridgehead atoms. The van der Waals surface area contributed by atoms with E-state index in [1.807, 2.05) is 11.4 Å². The Hall–Kier alpha value is -1.61. The van der Waals surface area contributed by atoms with Gasteiger partial charge in [-0.1, -0.05) is 0 Å². The monoisotopic (exact) mass is 364 g/mol. The third-order valence-corrected chi connectivity index (χ3v) is 4.23. The number of carboxylic acids is 1. The first-order valence-corrected chi connectivity index (χ1v) is 7.17. The smallest absolute Gasteiger partial charge is 0.326 e. The van der Waals surface area contributed by atoms with Crippen molar-refractivity contribution in [2.45, 2.75) is 19.0 Å². The lowest BCUT2D eigenvalue weighted by Gasteiger charge is -2.13. The van der Waals surface area contributed by atoms with Crippen LogP contribution in [0.25, 0.3) is 0 Å². The lowest BCUT2D eigenvalue weighted by molar-refractivity contribution is -0.147. The van der Waals surface area contributed by atoms with Crippen LogP contribution < -0.4 is 10.6 Å². The summed E-state index contributed by atoms with van der Waals surface area (Å²) in [5.41, 5.74) is 0. The molecule has 1 aromatic rings. The predicted octanol–water partition coefficient (Wildman–Crippen LogP) is 1.33. The number of hydrogen-bond acceptors (Lipinski definition) is 5. The highest BCUT2D eigenvalue weighted by atomic mass is 79.9. The Balaban J connectivity index is 2.48. The minimum absolute atomic E-state index is 0.259. The van der Waals surface area contributed by atoms with E-state index in [9.17, 15) is 14.4 Å². The first kappa shape index (κ1) is 16.4. The second-order valence-corrected chi connectivity index (χ2v) is 5.54. The number of methoxy groups -OCH3 is 1. The Morgan fingerprint density at radius 2 is 2.20 bits per heavy atom. The van der Waals surface area contributed by atoms with Gasteiger partial charge >= 0.3 is 18.0 Å². The summed E-state index contributed by atoms with van der Waals surface area (Å²) >= 11 is 4.77. The molecule has 110 valence electrons. The van der Waals surface area contributed by atoms with Gasteiger partial charge in [-0.3, -0.25) is 4.79 Å². The molecule has 3 N–H and O–H groups in total. The van der Waals surface area contributed by atoms with Crippen molar-refractivity contribution in [1.29, 1.82) is 0 Å². The number of carbonyl (C=O) groups is 3. The molecule has 0 unspecified atom stereocenters. The molecule has 0 saturated carbocycles. The molecule has 9 heteroatoms. The fourth-order valence-corrected chi connectivity index (χ4v) is 2.70. The van der Waals surface area contributed by atoms with Crippen molar-refractivity contribution in [3.05, 3.63) is 20.8 Å². The Bertz CT molecular complexity index is 505. The molecular weight excluding hydrogens is 352 g/mol. The summed E-state index contributed by atoms with van der Waals surface area (Å²) in [5.74, 6) is -2.01. The Labute approximate surface area is 127 Å². The van der Waals surface area contributed by atoms with Gasteiger partial charge in [0.2, 0.25) is 0 Å². The number of thiophene rings is 1. The maximum absolute atomic E-state index is 11.6. The van der Waals surface area contributed by atoms with Gasteiger partial charge in [0, 0.05) is 9.35 Å². The maximum atomic E-state index is 11.6. The molecule has 1 aromatic heterocycles. The third-order valence-electron chi connectivity index (χ3n) is 2.30. The highest BCUT2D eigenvalue weighted by Gasteiger charge is 2.23. The first-order chi connectivity index (χ1) is 9.43. The number of ether oxygens (including phenoxy) is 1. The Kier molecular flexibility index (Phi) is 6.46. The fourth-order valence-electron chi connectivity index (χ4n) is 1.27. The van der Waals surface area contributed by atoms with Gasteiger partial charge in [-0.05, 0) is 27.4 Å². The second kappa shape index (κ2) is 7.85. The highest BCUT2D eigenvalue weighted by molar-refractivity contribution is 9.10. The van der Waals surface area contributed by atoms with Gasteiger partial charge in [0.25, 0.3) is 0 Å². The molecule has 2 amide bonds. The number of rotatable bonds is 6. The van der Waals surface area contributed by atoms with E-state index in [2.05, 4.69) is 31.3 Å². The minimum atomic E-state index is -1.32. The van der Waals surface area contributed by atoms with Gasteiger partial charge in [-0.2, -0.15) is 0 Å². The number of aliphatic carboxylic acids is 1. The Morgan fingerprint density at radius 3 is 2.70 bits per heavy atom. The zero-order valence-electron chi connectivity index (χ0n) is 10.5. The summed E-state index contributed by atoms with van der Waals surface area (Å²) in [4.78, 5) is 34.4. The predicted molar refractivity (Wildman–Crippen MR) is 75.4 cm³/mol. The highest BCUT2D eigenvalue weighted by Crippen LogP contribution is 2.21. The summed E-state index contributed by atoms with van der Waals surface area (Å²) < 4.78 is 5.24. The molecule has 1 rings (SSSR count). The first-order valence-electron chi connectivity index (χ1n) is 5.50. The molecule has 7 nitrogen and oxygen atoms in total. The summed E-state index contributed by atoms with van der Waals surface area (Å²) in [6.07, 6.45) is -0.429. The molecule has 1 atom stereocenters. The Morgan fingerprint density at radius 1 is 1.50 bits per heavy atom. The molecule has 0 aliphatic rings. The van der Waals surface area contributed by atoms with E-state index in [0.29, 0.717) is 0 Å². The van der Waals surface area contributed by atoms with Gasteiger partial charge in [0.05, 0.1) is 20.1 Å². The van der Waals surface area contributed by atoms with Crippen LogP contribution in [0.3, 0.4) is 0 Å². The van der Waals surface area contributed by atoms with Crippen LogP contribution in [-0.4, -0.2) is 36.2 Å². The van der Waals surface area contributed by atoms with Gasteiger partial charge in [-0.25, -0.2) is 9.59 Å². The molecule has 0 radical (unpaired) electrons. The number of amides is 2. The number of nitrogens with one attached hydrogen (secondary N) is 2. The van der Waals surface area contributed by atoms with Crippen LogP contribution in [0.4, 0.5) is 4.79 Å². The molecule has 20 heavy (non-hydrogen) atoms. The van der Waals surface area contributed by atoms with Crippen LogP contribution in [0.2, 0.25) is 0 Å². The zero-order valence-corrected chi connectivity index (χ0v) is 12.9. The van der Waals surface area contributed by atoms with E-state index in [1.54, 1.807) is 0 Å². The van der Waals surface area contributed by atoms with Crippen LogP contribution >= 0.6 is 27.3 Å². The maximum Gasteiger partial charge on any atom is 0.326 e.